The summed E-state index contributed by atoms with van der Waals surface area (Å²) in [6.45, 7) is 1.92. The molecule has 3 aromatic rings. The molecule has 1 unspecified atom stereocenters. The standard InChI is InChI=1S/C26H21F3N2O3S/c1-15-12-23(35-14-15)18(16-8-10-17(11-9-16)26(27,28)29)4-2-7-24(33)30-20-5-3-6-21-19(20)13-22(32)25(34)31-21/h2-12,14,22,32H,13H2,1H3,(H,30,33)(H,31,34). The van der Waals surface area contributed by atoms with Crippen LogP contribution in [0.15, 0.2) is 72.1 Å². The number of benzene rings is 2. The summed E-state index contributed by atoms with van der Waals surface area (Å²) in [6, 6.07) is 11.9. The Labute approximate surface area is 203 Å². The highest BCUT2D eigenvalue weighted by Gasteiger charge is 2.30. The summed E-state index contributed by atoms with van der Waals surface area (Å²) in [6.07, 6.45) is -1.02. The number of anilines is 2. The molecule has 4 rings (SSSR count). The first-order valence-electron chi connectivity index (χ1n) is 10.6. The summed E-state index contributed by atoms with van der Waals surface area (Å²) in [7, 11) is 0. The number of rotatable bonds is 5. The number of halogens is 3. The molecule has 1 atom stereocenters. The number of fused-ring (bicyclic) bond motifs is 1. The lowest BCUT2D eigenvalue weighted by atomic mass is 9.99. The van der Waals surface area contributed by atoms with E-state index in [4.69, 9.17) is 0 Å². The van der Waals surface area contributed by atoms with E-state index in [1.807, 2.05) is 18.4 Å². The number of nitrogens with one attached hydrogen (secondary N) is 2. The summed E-state index contributed by atoms with van der Waals surface area (Å²) in [5.74, 6) is -0.930. The molecule has 5 nitrogen and oxygen atoms in total. The number of thiophene rings is 1. The van der Waals surface area contributed by atoms with Crippen LogP contribution in [0.4, 0.5) is 24.5 Å². The summed E-state index contributed by atoms with van der Waals surface area (Å²) in [5.41, 5.74) is 3.18. The van der Waals surface area contributed by atoms with Gasteiger partial charge in [0.05, 0.1) is 5.56 Å². The normalized spacial score (nSPS) is 16.2. The average Bonchev–Trinajstić information content (AvgIpc) is 3.23. The molecule has 2 amide bonds. The Morgan fingerprint density at radius 2 is 1.94 bits per heavy atom. The molecule has 3 N–H and O–H groups in total. The Kier molecular flexibility index (Phi) is 6.90. The van der Waals surface area contributed by atoms with Gasteiger partial charge in [-0.05, 0) is 59.3 Å². The largest absolute Gasteiger partial charge is 0.416 e. The number of aliphatic hydroxyl groups excluding tert-OH is 1. The zero-order valence-electron chi connectivity index (χ0n) is 18.5. The number of alkyl halides is 3. The highest BCUT2D eigenvalue weighted by Crippen LogP contribution is 2.33. The number of hydrogen-bond acceptors (Lipinski definition) is 4. The van der Waals surface area contributed by atoms with E-state index in [1.54, 1.807) is 24.3 Å². The van der Waals surface area contributed by atoms with E-state index < -0.39 is 29.7 Å². The van der Waals surface area contributed by atoms with Gasteiger partial charge in [-0.1, -0.05) is 30.4 Å². The fraction of sp³-hybridized carbons (Fsp3) is 0.154. The van der Waals surface area contributed by atoms with E-state index in [9.17, 15) is 27.9 Å². The molecule has 9 heteroatoms. The van der Waals surface area contributed by atoms with Gasteiger partial charge in [0.1, 0.15) is 6.10 Å². The van der Waals surface area contributed by atoms with Crippen LogP contribution in [0.3, 0.4) is 0 Å². The van der Waals surface area contributed by atoms with Gasteiger partial charge in [0.15, 0.2) is 0 Å². The van der Waals surface area contributed by atoms with Gasteiger partial charge in [-0.3, -0.25) is 9.59 Å². The molecular weight excluding hydrogens is 477 g/mol. The second kappa shape index (κ2) is 9.89. The van der Waals surface area contributed by atoms with Gasteiger partial charge in [-0.2, -0.15) is 13.2 Å². The van der Waals surface area contributed by atoms with Crippen LogP contribution in [0.5, 0.6) is 0 Å². The average molecular weight is 499 g/mol. The first-order chi connectivity index (χ1) is 16.6. The molecule has 0 aliphatic carbocycles. The molecule has 0 bridgehead atoms. The molecule has 35 heavy (non-hydrogen) atoms. The van der Waals surface area contributed by atoms with E-state index in [1.165, 1.54) is 35.6 Å². The number of aryl methyl sites for hydroxylation is 1. The maximum atomic E-state index is 13.0. The maximum absolute atomic E-state index is 13.0. The zero-order valence-corrected chi connectivity index (χ0v) is 19.3. The number of hydrogen-bond donors (Lipinski definition) is 3. The summed E-state index contributed by atoms with van der Waals surface area (Å²) < 4.78 is 38.9. The van der Waals surface area contributed by atoms with E-state index in [0.717, 1.165) is 22.6 Å². The number of carbonyl (C=O) groups is 2. The predicted octanol–water partition coefficient (Wildman–Crippen LogP) is 5.56. The third-order valence-electron chi connectivity index (χ3n) is 5.42. The first-order valence-corrected chi connectivity index (χ1v) is 11.5. The van der Waals surface area contributed by atoms with E-state index in [-0.39, 0.29) is 6.42 Å². The number of carbonyl (C=O) groups excluding carboxylic acids is 2. The lowest BCUT2D eigenvalue weighted by molar-refractivity contribution is -0.137. The molecular formula is C26H21F3N2O3S. The Balaban J connectivity index is 1.56. The van der Waals surface area contributed by atoms with Gasteiger partial charge in [-0.25, -0.2) is 0 Å². The molecule has 1 aromatic heterocycles. The molecule has 180 valence electrons. The summed E-state index contributed by atoms with van der Waals surface area (Å²) >= 11 is 1.46. The van der Waals surface area contributed by atoms with Crippen molar-refractivity contribution in [3.05, 3.63) is 99.3 Å². The smallest absolute Gasteiger partial charge is 0.383 e. The van der Waals surface area contributed by atoms with Gasteiger partial charge in [0.2, 0.25) is 5.91 Å². The fourth-order valence-corrected chi connectivity index (χ4v) is 4.63. The Morgan fingerprint density at radius 3 is 2.60 bits per heavy atom. The first kappa shape index (κ1) is 24.4. The predicted molar refractivity (Wildman–Crippen MR) is 130 cm³/mol. The minimum absolute atomic E-state index is 0.0804. The molecule has 0 spiro atoms. The molecule has 1 aliphatic rings. The van der Waals surface area contributed by atoms with Crippen molar-refractivity contribution >= 4 is 40.1 Å². The van der Waals surface area contributed by atoms with Crippen LogP contribution >= 0.6 is 11.3 Å². The van der Waals surface area contributed by atoms with E-state index >= 15 is 0 Å². The Morgan fingerprint density at radius 1 is 1.20 bits per heavy atom. The molecule has 0 fully saturated rings. The van der Waals surface area contributed by atoms with Crippen LogP contribution < -0.4 is 10.6 Å². The molecule has 2 heterocycles. The topological polar surface area (TPSA) is 78.4 Å². The quantitative estimate of drug-likeness (QED) is 0.319. The van der Waals surface area contributed by atoms with Crippen molar-refractivity contribution in [2.45, 2.75) is 25.6 Å². The van der Waals surface area contributed by atoms with Gasteiger partial charge in [0.25, 0.3) is 5.91 Å². The van der Waals surface area contributed by atoms with Crippen LogP contribution in [0.2, 0.25) is 0 Å². The van der Waals surface area contributed by atoms with Crippen molar-refractivity contribution in [1.82, 2.24) is 0 Å². The lowest BCUT2D eigenvalue weighted by Crippen LogP contribution is -2.34. The third kappa shape index (κ3) is 5.70. The summed E-state index contributed by atoms with van der Waals surface area (Å²) in [4.78, 5) is 25.1. The van der Waals surface area contributed by atoms with Crippen LogP contribution in [-0.4, -0.2) is 23.0 Å². The molecule has 2 aromatic carbocycles. The number of amides is 2. The number of aliphatic hydroxyl groups is 1. The van der Waals surface area contributed by atoms with Crippen molar-refractivity contribution in [2.75, 3.05) is 10.6 Å². The van der Waals surface area contributed by atoms with Crippen molar-refractivity contribution in [2.24, 2.45) is 0 Å². The highest BCUT2D eigenvalue weighted by molar-refractivity contribution is 7.11. The minimum atomic E-state index is -4.42. The minimum Gasteiger partial charge on any atom is -0.383 e. The van der Waals surface area contributed by atoms with Crippen LogP contribution in [0.1, 0.15) is 27.1 Å². The Bertz CT molecular complexity index is 1320. The maximum Gasteiger partial charge on any atom is 0.416 e. The molecule has 0 radical (unpaired) electrons. The van der Waals surface area contributed by atoms with Gasteiger partial charge in [0, 0.05) is 34.3 Å². The monoisotopic (exact) mass is 498 g/mol. The number of allylic oxidation sites excluding steroid dienone is 2. The van der Waals surface area contributed by atoms with Crippen molar-refractivity contribution < 1.29 is 27.9 Å². The van der Waals surface area contributed by atoms with Crippen LogP contribution in [-0.2, 0) is 22.2 Å². The van der Waals surface area contributed by atoms with Gasteiger partial charge >= 0.3 is 6.18 Å². The van der Waals surface area contributed by atoms with Crippen LogP contribution in [0, 0.1) is 6.92 Å². The van der Waals surface area contributed by atoms with Crippen LogP contribution in [0.25, 0.3) is 5.57 Å². The third-order valence-corrected chi connectivity index (χ3v) is 6.50. The second-order valence-corrected chi connectivity index (χ2v) is 8.94. The molecule has 0 saturated heterocycles. The van der Waals surface area contributed by atoms with Crippen molar-refractivity contribution in [1.29, 1.82) is 0 Å². The fourth-order valence-electron chi connectivity index (χ4n) is 3.68. The van der Waals surface area contributed by atoms with E-state index in [0.29, 0.717) is 28.1 Å². The summed E-state index contributed by atoms with van der Waals surface area (Å²) in [5, 5.41) is 17.1. The van der Waals surface area contributed by atoms with Crippen molar-refractivity contribution in [3.63, 3.8) is 0 Å². The van der Waals surface area contributed by atoms with Crippen molar-refractivity contribution in [3.8, 4) is 0 Å². The molecule has 1 aliphatic heterocycles. The van der Waals surface area contributed by atoms with Gasteiger partial charge < -0.3 is 15.7 Å². The second-order valence-electron chi connectivity index (χ2n) is 8.03. The Hall–Kier alpha value is -3.69. The SMILES string of the molecule is Cc1csc(C(=CC=CC(=O)Nc2cccc3c2CC(O)C(=O)N3)c2ccc(C(F)(F)F)cc2)c1. The highest BCUT2D eigenvalue weighted by atomic mass is 32.1. The van der Waals surface area contributed by atoms with Gasteiger partial charge in [-0.15, -0.1) is 11.3 Å². The zero-order chi connectivity index (χ0) is 25.2. The van der Waals surface area contributed by atoms with E-state index in [2.05, 4.69) is 10.6 Å². The molecule has 0 saturated carbocycles. The lowest BCUT2D eigenvalue weighted by Gasteiger charge is -2.23.